The van der Waals surface area contributed by atoms with Crippen molar-refractivity contribution in [2.45, 2.75) is 45.7 Å². The van der Waals surface area contributed by atoms with Gasteiger partial charge in [0.2, 0.25) is 5.78 Å². The number of carbonyl (C=O) groups excluding carboxylic acids is 1. The molecule has 1 aromatic heterocycles. The van der Waals surface area contributed by atoms with Crippen LogP contribution in [0.1, 0.15) is 44.1 Å². The van der Waals surface area contributed by atoms with Gasteiger partial charge in [-0.1, -0.05) is 0 Å². The van der Waals surface area contributed by atoms with Crippen LogP contribution < -0.4 is 0 Å². The number of carbonyl (C=O) groups is 1. The van der Waals surface area contributed by atoms with Crippen LogP contribution >= 0.6 is 15.9 Å². The normalized spacial score (nSPS) is 17.3. The Kier molecular flexibility index (Phi) is 3.92. The van der Waals surface area contributed by atoms with E-state index in [0.29, 0.717) is 12.2 Å². The molecule has 4 nitrogen and oxygen atoms in total. The second kappa shape index (κ2) is 5.13. The molecule has 100 valence electrons. The molecule has 1 fully saturated rings. The summed E-state index contributed by atoms with van der Waals surface area (Å²) in [6.45, 7) is 8.76. The summed E-state index contributed by atoms with van der Waals surface area (Å²) in [6, 6.07) is 0. The molecule has 0 atom stereocenters. The summed E-state index contributed by atoms with van der Waals surface area (Å²) >= 11 is 3.44. The number of aromatic nitrogens is 2. The number of nitrogens with zero attached hydrogens (tertiary/aromatic N) is 3. The second-order valence-corrected chi connectivity index (χ2v) is 6.09. The fourth-order valence-corrected chi connectivity index (χ4v) is 3.01. The van der Waals surface area contributed by atoms with Crippen molar-refractivity contribution in [2.24, 2.45) is 0 Å². The average Bonchev–Trinajstić information content (AvgIpc) is 2.96. The fraction of sp³-hybridized carbons (Fsp3) is 0.692. The molecule has 18 heavy (non-hydrogen) atoms. The zero-order valence-electron chi connectivity index (χ0n) is 11.2. The third kappa shape index (κ3) is 2.26. The van der Waals surface area contributed by atoms with E-state index >= 15 is 0 Å². The number of aryl methyl sites for hydroxylation is 1. The van der Waals surface area contributed by atoms with Gasteiger partial charge in [-0.2, -0.15) is 5.10 Å². The van der Waals surface area contributed by atoms with E-state index in [4.69, 9.17) is 0 Å². The van der Waals surface area contributed by atoms with E-state index < -0.39 is 5.54 Å². The van der Waals surface area contributed by atoms with Crippen LogP contribution in [-0.4, -0.2) is 39.1 Å². The van der Waals surface area contributed by atoms with Gasteiger partial charge < -0.3 is 0 Å². The SMILES string of the molecule is CCn1ncc(Br)c1C(=O)C(C)(C)N1CCCC1. The van der Waals surface area contributed by atoms with Crippen LogP contribution in [0.3, 0.4) is 0 Å². The molecule has 0 radical (unpaired) electrons. The summed E-state index contributed by atoms with van der Waals surface area (Å²) in [5.74, 6) is 0.149. The Bertz CT molecular complexity index is 447. The molecule has 1 aromatic rings. The van der Waals surface area contributed by atoms with Crippen LogP contribution in [0.25, 0.3) is 0 Å². The Morgan fingerprint density at radius 1 is 1.44 bits per heavy atom. The van der Waals surface area contributed by atoms with Crippen molar-refractivity contribution in [3.05, 3.63) is 16.4 Å². The summed E-state index contributed by atoms with van der Waals surface area (Å²) in [5, 5.41) is 4.23. The minimum atomic E-state index is -0.452. The number of ketones is 1. The smallest absolute Gasteiger partial charge is 0.201 e. The molecule has 2 heterocycles. The van der Waals surface area contributed by atoms with E-state index in [1.54, 1.807) is 10.9 Å². The van der Waals surface area contributed by atoms with Crippen molar-refractivity contribution in [2.75, 3.05) is 13.1 Å². The average molecular weight is 314 g/mol. The van der Waals surface area contributed by atoms with Gasteiger partial charge in [-0.3, -0.25) is 14.4 Å². The highest BCUT2D eigenvalue weighted by atomic mass is 79.9. The van der Waals surface area contributed by atoms with Crippen molar-refractivity contribution in [1.29, 1.82) is 0 Å². The maximum atomic E-state index is 12.8. The first kappa shape index (κ1) is 13.7. The van der Waals surface area contributed by atoms with Gasteiger partial charge in [0.15, 0.2) is 0 Å². The Balaban J connectivity index is 2.32. The van der Waals surface area contributed by atoms with Gasteiger partial charge in [0, 0.05) is 6.54 Å². The monoisotopic (exact) mass is 313 g/mol. The van der Waals surface area contributed by atoms with Crippen molar-refractivity contribution in [3.8, 4) is 0 Å². The minimum absolute atomic E-state index is 0.149. The van der Waals surface area contributed by atoms with E-state index in [1.807, 2.05) is 20.8 Å². The highest BCUT2D eigenvalue weighted by Gasteiger charge is 2.38. The lowest BCUT2D eigenvalue weighted by molar-refractivity contribution is 0.0690. The summed E-state index contributed by atoms with van der Waals surface area (Å²) in [4.78, 5) is 15.1. The summed E-state index contributed by atoms with van der Waals surface area (Å²) < 4.78 is 2.56. The number of hydrogen-bond donors (Lipinski definition) is 0. The maximum absolute atomic E-state index is 12.8. The van der Waals surface area contributed by atoms with Crippen molar-refractivity contribution in [1.82, 2.24) is 14.7 Å². The van der Waals surface area contributed by atoms with Crippen LogP contribution in [0.2, 0.25) is 0 Å². The molecule has 0 saturated carbocycles. The van der Waals surface area contributed by atoms with Crippen molar-refractivity contribution in [3.63, 3.8) is 0 Å². The van der Waals surface area contributed by atoms with Gasteiger partial charge in [-0.25, -0.2) is 0 Å². The largest absolute Gasteiger partial charge is 0.291 e. The summed E-state index contributed by atoms with van der Waals surface area (Å²) in [5.41, 5.74) is 0.237. The van der Waals surface area contributed by atoms with Crippen LogP contribution in [0.4, 0.5) is 0 Å². The molecule has 0 aromatic carbocycles. The summed E-state index contributed by atoms with van der Waals surface area (Å²) in [7, 11) is 0. The van der Waals surface area contributed by atoms with Gasteiger partial charge in [0.05, 0.1) is 16.2 Å². The quantitative estimate of drug-likeness (QED) is 0.802. The standard InChI is InChI=1S/C13H20BrN3O/c1-4-17-11(10(14)9-15-17)12(18)13(2,3)16-7-5-6-8-16/h9H,4-8H2,1-3H3. The molecule has 1 aliphatic heterocycles. The topological polar surface area (TPSA) is 38.1 Å². The molecule has 1 saturated heterocycles. The van der Waals surface area contributed by atoms with E-state index in [1.165, 1.54) is 12.8 Å². The Morgan fingerprint density at radius 3 is 2.61 bits per heavy atom. The second-order valence-electron chi connectivity index (χ2n) is 5.24. The van der Waals surface area contributed by atoms with Gasteiger partial charge >= 0.3 is 0 Å². The van der Waals surface area contributed by atoms with E-state index in [0.717, 1.165) is 17.6 Å². The Hall–Kier alpha value is -0.680. The fourth-order valence-electron chi connectivity index (χ4n) is 2.54. The van der Waals surface area contributed by atoms with Crippen LogP contribution in [0, 0.1) is 0 Å². The van der Waals surface area contributed by atoms with Gasteiger partial charge in [0.1, 0.15) is 5.69 Å². The molecular weight excluding hydrogens is 294 g/mol. The van der Waals surface area contributed by atoms with Crippen molar-refractivity contribution >= 4 is 21.7 Å². The number of likely N-dealkylation sites (tertiary alicyclic amines) is 1. The lowest BCUT2D eigenvalue weighted by Crippen LogP contribution is -2.49. The molecule has 5 heteroatoms. The van der Waals surface area contributed by atoms with Crippen LogP contribution in [0.15, 0.2) is 10.7 Å². The molecule has 0 unspecified atom stereocenters. The number of halogens is 1. The molecule has 2 rings (SSSR count). The first-order valence-electron chi connectivity index (χ1n) is 6.49. The number of rotatable bonds is 4. The predicted octanol–water partition coefficient (Wildman–Crippen LogP) is 2.72. The predicted molar refractivity (Wildman–Crippen MR) is 74.8 cm³/mol. The zero-order chi connectivity index (χ0) is 13.3. The molecule has 1 aliphatic rings. The molecule has 0 amide bonds. The van der Waals surface area contributed by atoms with E-state index in [9.17, 15) is 4.79 Å². The van der Waals surface area contributed by atoms with E-state index in [-0.39, 0.29) is 5.78 Å². The highest BCUT2D eigenvalue weighted by molar-refractivity contribution is 9.10. The van der Waals surface area contributed by atoms with E-state index in [2.05, 4.69) is 25.9 Å². The van der Waals surface area contributed by atoms with Gasteiger partial charge in [-0.15, -0.1) is 0 Å². The van der Waals surface area contributed by atoms with Crippen LogP contribution in [0.5, 0.6) is 0 Å². The van der Waals surface area contributed by atoms with Crippen LogP contribution in [-0.2, 0) is 6.54 Å². The lowest BCUT2D eigenvalue weighted by atomic mass is 9.94. The molecule has 0 spiro atoms. The Morgan fingerprint density at radius 2 is 2.06 bits per heavy atom. The highest BCUT2D eigenvalue weighted by Crippen LogP contribution is 2.28. The third-order valence-corrected chi connectivity index (χ3v) is 4.34. The first-order valence-corrected chi connectivity index (χ1v) is 7.29. The third-order valence-electron chi connectivity index (χ3n) is 3.76. The molecule has 0 aliphatic carbocycles. The maximum Gasteiger partial charge on any atom is 0.201 e. The Labute approximate surface area is 116 Å². The van der Waals surface area contributed by atoms with Crippen molar-refractivity contribution < 1.29 is 4.79 Å². The molecule has 0 N–H and O–H groups in total. The minimum Gasteiger partial charge on any atom is -0.291 e. The summed E-state index contributed by atoms with van der Waals surface area (Å²) in [6.07, 6.45) is 4.08. The van der Waals surface area contributed by atoms with Gasteiger partial charge in [-0.05, 0) is 62.6 Å². The zero-order valence-corrected chi connectivity index (χ0v) is 12.8. The van der Waals surface area contributed by atoms with Gasteiger partial charge in [0.25, 0.3) is 0 Å². The molecular formula is C13H20BrN3O. The number of hydrogen-bond acceptors (Lipinski definition) is 3. The first-order chi connectivity index (χ1) is 8.48. The molecule has 0 bridgehead atoms. The number of Topliss-reactive ketones (excluding diaryl/α,β-unsaturated/α-hetero) is 1. The lowest BCUT2D eigenvalue weighted by Gasteiger charge is -2.33.